The van der Waals surface area contributed by atoms with Gasteiger partial charge in [-0.2, -0.15) is 0 Å². The Bertz CT molecular complexity index is 855. The Hall–Kier alpha value is -1.64. The summed E-state index contributed by atoms with van der Waals surface area (Å²) in [5.74, 6) is -0.443. The van der Waals surface area contributed by atoms with Crippen molar-refractivity contribution in [3.63, 3.8) is 0 Å². The van der Waals surface area contributed by atoms with Crippen LogP contribution in [-0.4, -0.2) is 25.8 Å². The molecule has 6 nitrogen and oxygen atoms in total. The highest BCUT2D eigenvalue weighted by Gasteiger charge is 2.20. The van der Waals surface area contributed by atoms with Crippen molar-refractivity contribution in [3.8, 4) is 10.6 Å². The minimum Gasteiger partial charge on any atom is -0.477 e. The Balaban J connectivity index is 1.92. The van der Waals surface area contributed by atoms with E-state index in [4.69, 9.17) is 16.1 Å². The van der Waals surface area contributed by atoms with Crippen molar-refractivity contribution < 1.29 is 14.4 Å². The Morgan fingerprint density at radius 2 is 2.32 bits per heavy atom. The molecule has 0 saturated carbocycles. The summed E-state index contributed by atoms with van der Waals surface area (Å²) in [5, 5.41) is 13.3. The fourth-order valence-electron chi connectivity index (χ4n) is 2.06. The number of rotatable bonds is 4. The lowest BCUT2D eigenvalue weighted by atomic mass is 10.3. The number of aromatic carboxylic acids is 1. The largest absolute Gasteiger partial charge is 0.477 e. The van der Waals surface area contributed by atoms with E-state index in [0.717, 1.165) is 4.88 Å². The molecule has 0 radical (unpaired) electrons. The summed E-state index contributed by atoms with van der Waals surface area (Å²) in [6.45, 7) is 1.89. The standard InChI is InChI=1S/C13H9BrClN3O3S/c1-6-11(12(19)20)18(13(14)16-6)5-7-4-8(21-17-7)9-2-3-10(15)22-9/h2-4H,5H2,1H3,(H,19,20). The van der Waals surface area contributed by atoms with E-state index in [1.807, 2.05) is 6.07 Å². The topological polar surface area (TPSA) is 81.2 Å². The molecule has 0 amide bonds. The molecule has 0 aliphatic carbocycles. The molecular formula is C13H9BrClN3O3S. The van der Waals surface area contributed by atoms with Gasteiger partial charge in [0.05, 0.1) is 21.5 Å². The first-order chi connectivity index (χ1) is 10.5. The third-order valence-electron chi connectivity index (χ3n) is 2.99. The minimum atomic E-state index is -1.04. The molecule has 3 rings (SSSR count). The maximum atomic E-state index is 11.3. The number of hydrogen-bond acceptors (Lipinski definition) is 5. The normalized spacial score (nSPS) is 11.0. The number of hydrogen-bond donors (Lipinski definition) is 1. The molecule has 3 heterocycles. The lowest BCUT2D eigenvalue weighted by Gasteiger charge is -2.04. The Kier molecular flexibility index (Phi) is 4.07. The third-order valence-corrected chi connectivity index (χ3v) is 4.84. The van der Waals surface area contributed by atoms with E-state index in [-0.39, 0.29) is 12.2 Å². The molecule has 0 aliphatic heterocycles. The molecule has 0 bridgehead atoms. The summed E-state index contributed by atoms with van der Waals surface area (Å²) in [5.41, 5.74) is 1.16. The maximum Gasteiger partial charge on any atom is 0.354 e. The van der Waals surface area contributed by atoms with Crippen molar-refractivity contribution in [2.24, 2.45) is 0 Å². The summed E-state index contributed by atoms with van der Waals surface area (Å²) >= 11 is 10.5. The molecule has 3 aromatic rings. The predicted octanol–water partition coefficient (Wildman–Crippen LogP) is 4.07. The average Bonchev–Trinajstić information content (AvgIpc) is 3.11. The summed E-state index contributed by atoms with van der Waals surface area (Å²) in [7, 11) is 0. The van der Waals surface area contributed by atoms with Crippen LogP contribution in [0.2, 0.25) is 4.34 Å². The van der Waals surface area contributed by atoms with Crippen molar-refractivity contribution in [1.29, 1.82) is 0 Å². The van der Waals surface area contributed by atoms with Gasteiger partial charge in [0, 0.05) is 6.07 Å². The van der Waals surface area contributed by atoms with Crippen molar-refractivity contribution in [3.05, 3.63) is 44.4 Å². The zero-order valence-electron chi connectivity index (χ0n) is 11.2. The maximum absolute atomic E-state index is 11.3. The van der Waals surface area contributed by atoms with Gasteiger partial charge >= 0.3 is 5.97 Å². The van der Waals surface area contributed by atoms with Crippen LogP contribution in [0.4, 0.5) is 0 Å². The summed E-state index contributed by atoms with van der Waals surface area (Å²) < 4.78 is 7.91. The van der Waals surface area contributed by atoms with Crippen molar-refractivity contribution >= 4 is 44.8 Å². The summed E-state index contributed by atoms with van der Waals surface area (Å²) in [6.07, 6.45) is 0. The second-order valence-electron chi connectivity index (χ2n) is 4.49. The van der Waals surface area contributed by atoms with E-state index < -0.39 is 5.97 Å². The first-order valence-electron chi connectivity index (χ1n) is 6.13. The van der Waals surface area contributed by atoms with Crippen LogP contribution in [0.15, 0.2) is 27.5 Å². The highest BCUT2D eigenvalue weighted by molar-refractivity contribution is 9.10. The van der Waals surface area contributed by atoms with Crippen molar-refractivity contribution in [2.45, 2.75) is 13.5 Å². The number of nitrogens with zero attached hydrogens (tertiary/aromatic N) is 3. The highest BCUT2D eigenvalue weighted by atomic mass is 79.9. The Morgan fingerprint density at radius 1 is 1.55 bits per heavy atom. The minimum absolute atomic E-state index is 0.121. The van der Waals surface area contributed by atoms with Crippen LogP contribution in [-0.2, 0) is 6.54 Å². The molecule has 0 aromatic carbocycles. The number of aromatic nitrogens is 3. The number of carbonyl (C=O) groups is 1. The number of halogens is 2. The molecule has 1 N–H and O–H groups in total. The van der Waals surface area contributed by atoms with E-state index in [1.54, 1.807) is 19.1 Å². The van der Waals surface area contributed by atoms with Crippen molar-refractivity contribution in [1.82, 2.24) is 14.7 Å². The lowest BCUT2D eigenvalue weighted by Crippen LogP contribution is -2.11. The van der Waals surface area contributed by atoms with Crippen LogP contribution < -0.4 is 0 Å². The SMILES string of the molecule is Cc1nc(Br)n(Cc2cc(-c3ccc(Cl)s3)on2)c1C(=O)O. The van der Waals surface area contributed by atoms with Crippen LogP contribution in [0.1, 0.15) is 21.9 Å². The molecule has 3 aromatic heterocycles. The molecule has 0 atom stereocenters. The Labute approximate surface area is 142 Å². The van der Waals surface area contributed by atoms with E-state index in [0.29, 0.717) is 26.2 Å². The van der Waals surface area contributed by atoms with Crippen molar-refractivity contribution in [2.75, 3.05) is 0 Å². The van der Waals surface area contributed by atoms with Gasteiger partial charge in [-0.05, 0) is 35.0 Å². The van der Waals surface area contributed by atoms with Crippen LogP contribution in [0, 0.1) is 6.92 Å². The van der Waals surface area contributed by atoms with Gasteiger partial charge in [0.15, 0.2) is 16.2 Å². The average molecular weight is 403 g/mol. The van der Waals surface area contributed by atoms with Gasteiger partial charge in [0.25, 0.3) is 0 Å². The van der Waals surface area contributed by atoms with Crippen LogP contribution >= 0.6 is 38.9 Å². The lowest BCUT2D eigenvalue weighted by molar-refractivity contribution is 0.0684. The van der Waals surface area contributed by atoms with E-state index in [1.165, 1.54) is 15.9 Å². The smallest absolute Gasteiger partial charge is 0.354 e. The number of imidazole rings is 1. The number of aryl methyl sites for hydroxylation is 1. The fourth-order valence-corrected chi connectivity index (χ4v) is 3.63. The predicted molar refractivity (Wildman–Crippen MR) is 85.6 cm³/mol. The first kappa shape index (κ1) is 15.3. The second kappa shape index (κ2) is 5.86. The van der Waals surface area contributed by atoms with E-state index in [9.17, 15) is 9.90 Å². The zero-order valence-corrected chi connectivity index (χ0v) is 14.4. The van der Waals surface area contributed by atoms with Gasteiger partial charge in [0.1, 0.15) is 5.69 Å². The first-order valence-corrected chi connectivity index (χ1v) is 8.11. The summed E-state index contributed by atoms with van der Waals surface area (Å²) in [6, 6.07) is 5.38. The van der Waals surface area contributed by atoms with Crippen LogP contribution in [0.25, 0.3) is 10.6 Å². The molecule has 0 spiro atoms. The quantitative estimate of drug-likeness (QED) is 0.711. The zero-order chi connectivity index (χ0) is 15.9. The summed E-state index contributed by atoms with van der Waals surface area (Å²) in [4.78, 5) is 16.3. The Morgan fingerprint density at radius 3 is 2.95 bits per heavy atom. The molecule has 9 heteroatoms. The molecule has 0 fully saturated rings. The molecule has 0 saturated heterocycles. The highest BCUT2D eigenvalue weighted by Crippen LogP contribution is 2.31. The molecule has 0 unspecified atom stereocenters. The molecule has 0 aliphatic rings. The van der Waals surface area contributed by atoms with Gasteiger partial charge in [-0.1, -0.05) is 16.8 Å². The number of carboxylic acids is 1. The third kappa shape index (κ3) is 2.81. The van der Waals surface area contributed by atoms with Crippen LogP contribution in [0.5, 0.6) is 0 Å². The van der Waals surface area contributed by atoms with Gasteiger partial charge in [-0.15, -0.1) is 11.3 Å². The molecule has 22 heavy (non-hydrogen) atoms. The van der Waals surface area contributed by atoms with E-state index in [2.05, 4.69) is 26.1 Å². The fraction of sp³-hybridized carbons (Fsp3) is 0.154. The number of thiophene rings is 1. The number of carboxylic acid groups (broad SMARTS) is 1. The molecule has 114 valence electrons. The molecular weight excluding hydrogens is 394 g/mol. The second-order valence-corrected chi connectivity index (χ2v) is 6.92. The van der Waals surface area contributed by atoms with Crippen LogP contribution in [0.3, 0.4) is 0 Å². The monoisotopic (exact) mass is 401 g/mol. The van der Waals surface area contributed by atoms with Gasteiger partial charge in [0.2, 0.25) is 0 Å². The van der Waals surface area contributed by atoms with Gasteiger partial charge in [-0.3, -0.25) is 0 Å². The van der Waals surface area contributed by atoms with Gasteiger partial charge in [-0.25, -0.2) is 9.78 Å². The van der Waals surface area contributed by atoms with Gasteiger partial charge < -0.3 is 14.2 Å². The van der Waals surface area contributed by atoms with E-state index >= 15 is 0 Å².